The van der Waals surface area contributed by atoms with E-state index in [4.69, 9.17) is 22.9 Å². The summed E-state index contributed by atoms with van der Waals surface area (Å²) in [5.41, 5.74) is 22.8. The van der Waals surface area contributed by atoms with Crippen LogP contribution in [0.3, 0.4) is 0 Å². The number of rotatable bonds is 30. The van der Waals surface area contributed by atoms with Crippen molar-refractivity contribution in [2.45, 2.75) is 120 Å². The molecule has 73 heavy (non-hydrogen) atoms. The van der Waals surface area contributed by atoms with Crippen molar-refractivity contribution in [3.05, 3.63) is 71.8 Å². The third-order valence-electron chi connectivity index (χ3n) is 11.4. The van der Waals surface area contributed by atoms with Crippen LogP contribution < -0.4 is 60.2 Å². The van der Waals surface area contributed by atoms with Gasteiger partial charge in [-0.25, -0.2) is 4.79 Å². The van der Waals surface area contributed by atoms with Gasteiger partial charge in [-0.1, -0.05) is 74.5 Å². The van der Waals surface area contributed by atoms with Crippen molar-refractivity contribution >= 4 is 83.6 Å². The van der Waals surface area contributed by atoms with Gasteiger partial charge in [0.05, 0.1) is 25.4 Å². The minimum absolute atomic E-state index is 0.0604. The lowest BCUT2D eigenvalue weighted by molar-refractivity contribution is -0.143. The van der Waals surface area contributed by atoms with Crippen molar-refractivity contribution < 1.29 is 62.6 Å². The fraction of sp³-hybridized carbons (Fsp3) is 0.489. The number of carbonyl (C=O) groups is 12. The van der Waals surface area contributed by atoms with Crippen LogP contribution in [0.5, 0.6) is 0 Å². The molecule has 3 rings (SSSR count). The lowest BCUT2D eigenvalue weighted by Crippen LogP contribution is -2.60. The van der Waals surface area contributed by atoms with Crippen LogP contribution >= 0.6 is 12.6 Å². The number of aliphatic carboxylic acids is 1. The second-order valence-electron chi connectivity index (χ2n) is 17.8. The fourth-order valence-corrected chi connectivity index (χ4v) is 7.90. The number of benzene rings is 2. The predicted octanol–water partition coefficient (Wildman–Crippen LogP) is -4.11. The average Bonchev–Trinajstić information content (AvgIpc) is 3.83. The monoisotopic (exact) mass is 1040 g/mol. The van der Waals surface area contributed by atoms with Crippen LogP contribution in [-0.2, 0) is 70.4 Å². The molecule has 8 atom stereocenters. The molecule has 1 fully saturated rings. The molecule has 1 saturated heterocycles. The maximum absolute atomic E-state index is 14.3. The van der Waals surface area contributed by atoms with Gasteiger partial charge in [-0.05, 0) is 42.7 Å². The summed E-state index contributed by atoms with van der Waals surface area (Å²) >= 11 is 4.10. The molecule has 25 nitrogen and oxygen atoms in total. The zero-order valence-corrected chi connectivity index (χ0v) is 41.4. The van der Waals surface area contributed by atoms with Crippen molar-refractivity contribution in [1.29, 1.82) is 0 Å². The van der Waals surface area contributed by atoms with Crippen LogP contribution in [0.2, 0.25) is 0 Å². The number of amides is 11. The summed E-state index contributed by atoms with van der Waals surface area (Å²) < 4.78 is 0. The van der Waals surface area contributed by atoms with Crippen molar-refractivity contribution in [3.63, 3.8) is 0 Å². The molecule has 2 aromatic carbocycles. The molecular formula is C47H66N12O13S. The van der Waals surface area contributed by atoms with Crippen molar-refractivity contribution in [2.75, 3.05) is 18.8 Å². The molecule has 26 heteroatoms. The summed E-state index contributed by atoms with van der Waals surface area (Å²) in [7, 11) is 0. The molecule has 0 bridgehead atoms. The van der Waals surface area contributed by atoms with Gasteiger partial charge in [0, 0.05) is 31.6 Å². The Morgan fingerprint density at radius 3 is 1.58 bits per heavy atom. The molecule has 11 amide bonds. The highest BCUT2D eigenvalue weighted by Crippen LogP contribution is 2.18. The highest BCUT2D eigenvalue weighted by atomic mass is 32.1. The van der Waals surface area contributed by atoms with Gasteiger partial charge in [0.25, 0.3) is 0 Å². The minimum Gasteiger partial charge on any atom is -0.480 e. The standard InChI is InChI=1S/C47H66N12O13S/c1-25(2)18-30(54-40(64)28(48)21-37(50)61)42(66)55-31(19-26-10-5-3-6-11-26)43(67)56-32(20-27-12-7-4-8-13-27)44(68)57-33(22-38(51)62)41(65)52-23-39(63)59-17-9-14-35(59)46(70)58-34(24-73)45(69)53-29(47(71)72)15-16-36(49)60/h3-8,10-13,25,28-35,73H,9,14-24,48H2,1-2H3,(H2,49,60)(H2,50,61)(H2,51,62)(H,52,65)(H,53,69)(H,54,64)(H,55,66)(H,56,67)(H,57,68)(H,58,70)(H,71,72). The smallest absolute Gasteiger partial charge is 0.326 e. The predicted molar refractivity (Wildman–Crippen MR) is 265 cm³/mol. The summed E-state index contributed by atoms with van der Waals surface area (Å²) in [6.07, 6.45) is -1.57. The second kappa shape index (κ2) is 29.7. The Morgan fingerprint density at radius 1 is 0.616 bits per heavy atom. The molecule has 0 radical (unpaired) electrons. The molecule has 16 N–H and O–H groups in total. The Kier molecular flexibility index (Phi) is 24.3. The molecule has 0 aromatic heterocycles. The lowest BCUT2D eigenvalue weighted by atomic mass is 9.99. The van der Waals surface area contributed by atoms with E-state index in [9.17, 15) is 62.6 Å². The first kappa shape index (κ1) is 59.7. The van der Waals surface area contributed by atoms with Gasteiger partial charge >= 0.3 is 5.97 Å². The normalized spacial score (nSPS) is 15.9. The SMILES string of the molecule is CC(C)CC(NC(=O)C(N)CC(N)=O)C(=O)NC(Cc1ccccc1)C(=O)NC(Cc1ccccc1)C(=O)NC(CC(N)=O)C(=O)NCC(=O)N1CCCC1C(=O)NC(CS)C(=O)NC(CCC(N)=O)C(=O)O. The zero-order chi connectivity index (χ0) is 54.4. The van der Waals surface area contributed by atoms with Gasteiger partial charge in [-0.2, -0.15) is 12.6 Å². The second-order valence-corrected chi connectivity index (χ2v) is 18.2. The molecule has 8 unspecified atom stereocenters. The van der Waals surface area contributed by atoms with Crippen molar-refractivity contribution in [1.82, 2.24) is 42.1 Å². The Labute approximate surface area is 426 Å². The number of hydrogen-bond donors (Lipinski definition) is 13. The molecule has 0 saturated carbocycles. The molecule has 1 aliphatic rings. The largest absolute Gasteiger partial charge is 0.480 e. The van der Waals surface area contributed by atoms with E-state index in [2.05, 4.69) is 49.8 Å². The Morgan fingerprint density at radius 2 is 1.10 bits per heavy atom. The molecular weight excluding hydrogens is 973 g/mol. The van der Waals surface area contributed by atoms with Crippen LogP contribution in [0.25, 0.3) is 0 Å². The van der Waals surface area contributed by atoms with E-state index in [1.165, 1.54) is 0 Å². The summed E-state index contributed by atoms with van der Waals surface area (Å²) in [4.78, 5) is 157. The maximum atomic E-state index is 14.3. The van der Waals surface area contributed by atoms with E-state index >= 15 is 0 Å². The van der Waals surface area contributed by atoms with E-state index in [1.54, 1.807) is 74.5 Å². The Hall–Kier alpha value is -7.61. The van der Waals surface area contributed by atoms with E-state index in [1.807, 2.05) is 0 Å². The average molecular weight is 1040 g/mol. The minimum atomic E-state index is -1.70. The number of primary amides is 3. The van der Waals surface area contributed by atoms with Gasteiger partial charge in [0.1, 0.15) is 42.3 Å². The Bertz CT molecular complexity index is 2310. The van der Waals surface area contributed by atoms with E-state index in [0.29, 0.717) is 17.5 Å². The first-order valence-corrected chi connectivity index (χ1v) is 24.0. The molecule has 2 aromatic rings. The summed E-state index contributed by atoms with van der Waals surface area (Å²) in [6, 6.07) is 5.88. The highest BCUT2D eigenvalue weighted by molar-refractivity contribution is 7.80. The third-order valence-corrected chi connectivity index (χ3v) is 11.7. The number of carbonyl (C=O) groups excluding carboxylic acids is 11. The van der Waals surface area contributed by atoms with Gasteiger partial charge in [0.15, 0.2) is 0 Å². The summed E-state index contributed by atoms with van der Waals surface area (Å²) in [5.74, 6) is -11.5. The molecule has 0 aliphatic carbocycles. The van der Waals surface area contributed by atoms with Crippen LogP contribution in [0, 0.1) is 5.92 Å². The third kappa shape index (κ3) is 20.6. The highest BCUT2D eigenvalue weighted by Gasteiger charge is 2.38. The van der Waals surface area contributed by atoms with Crippen molar-refractivity contribution in [3.8, 4) is 0 Å². The topological polar surface area (TPSA) is 417 Å². The van der Waals surface area contributed by atoms with Crippen LogP contribution in [-0.4, -0.2) is 148 Å². The van der Waals surface area contributed by atoms with Gasteiger partial charge < -0.3 is 70.2 Å². The van der Waals surface area contributed by atoms with Crippen molar-refractivity contribution in [2.24, 2.45) is 28.9 Å². The molecule has 398 valence electrons. The summed E-state index contributed by atoms with van der Waals surface area (Å²) in [6.45, 7) is 2.91. The quantitative estimate of drug-likeness (QED) is 0.0331. The van der Waals surface area contributed by atoms with Crippen LogP contribution in [0.1, 0.15) is 69.9 Å². The van der Waals surface area contributed by atoms with Crippen LogP contribution in [0.4, 0.5) is 0 Å². The lowest BCUT2D eigenvalue weighted by Gasteiger charge is -2.28. The number of likely N-dealkylation sites (tertiary alicyclic amines) is 1. The number of nitrogens with zero attached hydrogens (tertiary/aromatic N) is 1. The molecule has 0 spiro atoms. The number of thiol groups is 1. The number of hydrogen-bond acceptors (Lipinski definition) is 14. The maximum Gasteiger partial charge on any atom is 0.326 e. The summed E-state index contributed by atoms with van der Waals surface area (Å²) in [5, 5.41) is 26.8. The van der Waals surface area contributed by atoms with Gasteiger partial charge in [-0.3, -0.25) is 52.7 Å². The van der Waals surface area contributed by atoms with E-state index < -0.39 is 139 Å². The van der Waals surface area contributed by atoms with Gasteiger partial charge in [0.2, 0.25) is 65.0 Å². The first-order chi connectivity index (χ1) is 34.5. The zero-order valence-electron chi connectivity index (χ0n) is 40.5. The number of nitrogens with one attached hydrogen (secondary N) is 7. The van der Waals surface area contributed by atoms with E-state index in [0.717, 1.165) is 4.90 Å². The Balaban J connectivity index is 1.81. The number of carboxylic acids is 1. The molecule has 1 heterocycles. The molecule has 1 aliphatic heterocycles. The fourth-order valence-electron chi connectivity index (χ4n) is 7.64. The first-order valence-electron chi connectivity index (χ1n) is 23.4. The van der Waals surface area contributed by atoms with Gasteiger partial charge in [-0.15, -0.1) is 0 Å². The van der Waals surface area contributed by atoms with Crippen LogP contribution in [0.15, 0.2) is 60.7 Å². The number of nitrogens with two attached hydrogens (primary N) is 4. The van der Waals surface area contributed by atoms with E-state index in [-0.39, 0.29) is 56.7 Å². The number of carboxylic acid groups (broad SMARTS) is 1.